The minimum Gasteiger partial charge on any atom is -0.351 e. The first-order valence-electron chi connectivity index (χ1n) is 12.1. The Hall–Kier alpha value is -3.84. The van der Waals surface area contributed by atoms with Gasteiger partial charge in [-0.2, -0.15) is 4.98 Å². The number of hydrogen-bond donors (Lipinski definition) is 1. The van der Waals surface area contributed by atoms with Crippen LogP contribution in [0.2, 0.25) is 0 Å². The molecule has 3 aromatic carbocycles. The molecule has 0 spiro atoms. The van der Waals surface area contributed by atoms with Gasteiger partial charge < -0.3 is 9.84 Å². The van der Waals surface area contributed by atoms with E-state index in [0.717, 1.165) is 35.4 Å². The molecule has 7 heteroatoms. The summed E-state index contributed by atoms with van der Waals surface area (Å²) in [6, 6.07) is 22.6. The molecule has 0 radical (unpaired) electrons. The van der Waals surface area contributed by atoms with Crippen molar-refractivity contribution in [1.29, 1.82) is 0 Å². The summed E-state index contributed by atoms with van der Waals surface area (Å²) in [5, 5.41) is 8.32. The minimum atomic E-state index is -0.313. The van der Waals surface area contributed by atoms with Crippen molar-refractivity contribution >= 4 is 28.6 Å². The number of hydrogen-bond acceptors (Lipinski definition) is 4. The van der Waals surface area contributed by atoms with Gasteiger partial charge in [-0.3, -0.25) is 4.90 Å². The number of nitrogens with one attached hydrogen (secondary N) is 1. The van der Waals surface area contributed by atoms with E-state index in [0.29, 0.717) is 22.4 Å². The third-order valence-electron chi connectivity index (χ3n) is 6.54. The van der Waals surface area contributed by atoms with Gasteiger partial charge in [-0.1, -0.05) is 55.4 Å². The number of aryl methyl sites for hydroxylation is 2. The van der Waals surface area contributed by atoms with Crippen LogP contribution < -0.4 is 10.2 Å². The summed E-state index contributed by atoms with van der Waals surface area (Å²) < 4.78 is 19.2. The van der Waals surface area contributed by atoms with Crippen LogP contribution in [0.5, 0.6) is 0 Å². The van der Waals surface area contributed by atoms with E-state index in [9.17, 15) is 4.39 Å². The molecule has 0 aliphatic carbocycles. The molecule has 4 aromatic rings. The third-order valence-corrected chi connectivity index (χ3v) is 6.84. The summed E-state index contributed by atoms with van der Waals surface area (Å²) >= 11 is 5.87. The Bertz CT molecular complexity index is 1430. The molecule has 5 nitrogen and oxygen atoms in total. The Kier molecular flexibility index (Phi) is 6.65. The van der Waals surface area contributed by atoms with E-state index in [1.807, 2.05) is 24.0 Å². The molecule has 0 saturated heterocycles. The first-order chi connectivity index (χ1) is 17.5. The molecule has 1 aliphatic rings. The van der Waals surface area contributed by atoms with Gasteiger partial charge in [0.1, 0.15) is 5.82 Å². The van der Waals surface area contributed by atoms with Crippen molar-refractivity contribution in [3.8, 4) is 11.4 Å². The van der Waals surface area contributed by atoms with Crippen molar-refractivity contribution in [3.63, 3.8) is 0 Å². The molecule has 0 saturated carbocycles. The smallest absolute Gasteiger partial charge is 0.258 e. The number of aromatic nitrogens is 2. The van der Waals surface area contributed by atoms with Crippen molar-refractivity contribution < 1.29 is 8.91 Å². The molecule has 1 aliphatic heterocycles. The second-order valence-corrected chi connectivity index (χ2v) is 9.15. The van der Waals surface area contributed by atoms with Gasteiger partial charge in [0.05, 0.1) is 11.6 Å². The molecule has 0 bridgehead atoms. The van der Waals surface area contributed by atoms with Gasteiger partial charge in [-0.05, 0) is 85.1 Å². The average molecular weight is 499 g/mol. The van der Waals surface area contributed by atoms with Gasteiger partial charge in [-0.15, -0.1) is 0 Å². The van der Waals surface area contributed by atoms with Crippen molar-refractivity contribution in [3.05, 3.63) is 107 Å². The largest absolute Gasteiger partial charge is 0.351 e. The average Bonchev–Trinajstić information content (AvgIpc) is 3.38. The second-order valence-electron chi connectivity index (χ2n) is 8.77. The fraction of sp³-hybridized carbons (Fsp3) is 0.207. The second kappa shape index (κ2) is 10.0. The lowest BCUT2D eigenvalue weighted by Crippen LogP contribution is -2.46. The third kappa shape index (κ3) is 4.54. The van der Waals surface area contributed by atoms with Crippen LogP contribution in [0.3, 0.4) is 0 Å². The van der Waals surface area contributed by atoms with E-state index in [1.54, 1.807) is 12.1 Å². The predicted molar refractivity (Wildman–Crippen MR) is 145 cm³/mol. The lowest BCUT2D eigenvalue weighted by atomic mass is 9.93. The Balaban J connectivity index is 1.64. The highest BCUT2D eigenvalue weighted by Crippen LogP contribution is 2.39. The van der Waals surface area contributed by atoms with Gasteiger partial charge in [0, 0.05) is 16.9 Å². The Morgan fingerprint density at radius 2 is 1.69 bits per heavy atom. The van der Waals surface area contributed by atoms with E-state index >= 15 is 0 Å². The maximum absolute atomic E-state index is 13.4. The quantitative estimate of drug-likeness (QED) is 0.293. The van der Waals surface area contributed by atoms with Crippen molar-refractivity contribution in [1.82, 2.24) is 15.5 Å². The highest BCUT2D eigenvalue weighted by atomic mass is 32.1. The van der Waals surface area contributed by atoms with Crippen LogP contribution >= 0.6 is 12.2 Å². The van der Waals surface area contributed by atoms with Crippen molar-refractivity contribution in [2.75, 3.05) is 4.90 Å². The van der Waals surface area contributed by atoms with Crippen LogP contribution in [0, 0.1) is 5.82 Å². The van der Waals surface area contributed by atoms with E-state index in [2.05, 4.69) is 60.7 Å². The van der Waals surface area contributed by atoms with Crippen LogP contribution in [-0.2, 0) is 12.8 Å². The Morgan fingerprint density at radius 1 is 0.972 bits per heavy atom. The van der Waals surface area contributed by atoms with Gasteiger partial charge in [0.2, 0.25) is 5.82 Å². The SMILES string of the molecule is CCc1ccc(C2NC(=S)N(c3cccc(CC)c3)C(C)=C2c2nc(-c3ccc(F)cc3)no2)cc1. The molecule has 36 heavy (non-hydrogen) atoms. The fourth-order valence-corrected chi connectivity index (χ4v) is 4.85. The van der Waals surface area contributed by atoms with Crippen LogP contribution in [0.25, 0.3) is 17.0 Å². The van der Waals surface area contributed by atoms with Crippen LogP contribution in [-0.4, -0.2) is 15.3 Å². The first kappa shape index (κ1) is 23.9. The number of thiocarbonyl (C=S) groups is 1. The van der Waals surface area contributed by atoms with Crippen LogP contribution in [0.4, 0.5) is 10.1 Å². The van der Waals surface area contributed by atoms with Crippen LogP contribution in [0.1, 0.15) is 49.4 Å². The maximum Gasteiger partial charge on any atom is 0.258 e. The summed E-state index contributed by atoms with van der Waals surface area (Å²) in [5.74, 6) is 0.479. The van der Waals surface area contributed by atoms with E-state index in [-0.39, 0.29) is 11.9 Å². The van der Waals surface area contributed by atoms with Crippen molar-refractivity contribution in [2.24, 2.45) is 0 Å². The molecular formula is C29H27FN4OS. The lowest BCUT2D eigenvalue weighted by Gasteiger charge is -2.37. The van der Waals surface area contributed by atoms with Gasteiger partial charge >= 0.3 is 0 Å². The highest BCUT2D eigenvalue weighted by molar-refractivity contribution is 7.80. The molecule has 0 amide bonds. The molecule has 2 heterocycles. The van der Waals surface area contributed by atoms with E-state index in [1.165, 1.54) is 23.3 Å². The summed E-state index contributed by atoms with van der Waals surface area (Å²) in [7, 11) is 0. The zero-order valence-corrected chi connectivity index (χ0v) is 21.3. The molecule has 1 aromatic heterocycles. The van der Waals surface area contributed by atoms with Gasteiger partial charge in [0.25, 0.3) is 5.89 Å². The molecule has 182 valence electrons. The van der Waals surface area contributed by atoms with Gasteiger partial charge in [0.15, 0.2) is 5.11 Å². The summed E-state index contributed by atoms with van der Waals surface area (Å²) in [4.78, 5) is 6.73. The fourth-order valence-electron chi connectivity index (χ4n) is 4.49. The zero-order valence-electron chi connectivity index (χ0n) is 20.5. The van der Waals surface area contributed by atoms with E-state index < -0.39 is 0 Å². The molecule has 0 fully saturated rings. The number of benzene rings is 3. The monoisotopic (exact) mass is 498 g/mol. The first-order valence-corrected chi connectivity index (χ1v) is 12.5. The highest BCUT2D eigenvalue weighted by Gasteiger charge is 2.34. The summed E-state index contributed by atoms with van der Waals surface area (Å²) in [6.45, 7) is 6.29. The standard InChI is InChI=1S/C29H27FN4OS/c1-4-19-9-11-21(12-10-19)26-25(28-32-27(33-35-28)22-13-15-23(30)16-14-22)18(3)34(29(36)31-26)24-8-6-7-20(5-2)17-24/h6-17,26H,4-5H2,1-3H3,(H,31,36). The maximum atomic E-state index is 13.4. The Labute approximate surface area is 215 Å². The van der Waals surface area contributed by atoms with E-state index in [4.69, 9.17) is 21.7 Å². The molecular weight excluding hydrogens is 471 g/mol. The molecule has 1 N–H and O–H groups in total. The number of halogens is 1. The number of anilines is 1. The molecule has 1 atom stereocenters. The molecule has 1 unspecified atom stereocenters. The van der Waals surface area contributed by atoms with Crippen molar-refractivity contribution in [2.45, 2.75) is 39.7 Å². The zero-order chi connectivity index (χ0) is 25.2. The predicted octanol–water partition coefficient (Wildman–Crippen LogP) is 6.87. The lowest BCUT2D eigenvalue weighted by molar-refractivity contribution is 0.404. The Morgan fingerprint density at radius 3 is 2.39 bits per heavy atom. The normalized spacial score (nSPS) is 15.8. The van der Waals surface area contributed by atoms with Gasteiger partial charge in [-0.25, -0.2) is 4.39 Å². The topological polar surface area (TPSA) is 54.2 Å². The summed E-state index contributed by atoms with van der Waals surface area (Å²) in [5.41, 5.74) is 6.93. The number of rotatable bonds is 6. The van der Waals surface area contributed by atoms with Crippen LogP contribution in [0.15, 0.2) is 83.0 Å². The number of allylic oxidation sites excluding steroid dienone is 1. The molecule has 5 rings (SSSR count). The summed E-state index contributed by atoms with van der Waals surface area (Å²) in [6.07, 6.45) is 1.89. The minimum absolute atomic E-state index is 0.268. The number of nitrogens with zero attached hydrogens (tertiary/aromatic N) is 3.